The van der Waals surface area contributed by atoms with Crippen molar-refractivity contribution in [1.82, 2.24) is 15.1 Å². The number of anilines is 1. The first-order valence-electron chi connectivity index (χ1n) is 17.0. The summed E-state index contributed by atoms with van der Waals surface area (Å²) in [7, 11) is -2.34. The predicted octanol–water partition coefficient (Wildman–Crippen LogP) is 5.40. The minimum Gasteiger partial charge on any atom is -0.490 e. The molecule has 1 fully saturated rings. The van der Waals surface area contributed by atoms with E-state index in [0.717, 1.165) is 62.8 Å². The molecule has 0 spiro atoms. The van der Waals surface area contributed by atoms with E-state index in [4.69, 9.17) is 9.47 Å². The number of nitrogens with zero attached hydrogens (tertiary/aromatic N) is 2. The van der Waals surface area contributed by atoms with Crippen molar-refractivity contribution in [3.63, 3.8) is 0 Å². The van der Waals surface area contributed by atoms with Gasteiger partial charge in [-0.05, 0) is 88.4 Å². The zero-order valence-electron chi connectivity index (χ0n) is 28.5. The number of carbonyl (C=O) groups is 2. The van der Waals surface area contributed by atoms with E-state index in [9.17, 15) is 27.5 Å². The summed E-state index contributed by atoms with van der Waals surface area (Å²) in [4.78, 5) is 30.5. The molecule has 1 aliphatic carbocycles. The van der Waals surface area contributed by atoms with Gasteiger partial charge in [-0.25, -0.2) is 17.6 Å². The van der Waals surface area contributed by atoms with Crippen LogP contribution in [0.15, 0.2) is 47.4 Å². The molecule has 1 aliphatic heterocycles. The third-order valence-corrected chi connectivity index (χ3v) is 10.6. The van der Waals surface area contributed by atoms with E-state index in [1.54, 1.807) is 29.8 Å². The fourth-order valence-corrected chi connectivity index (χ4v) is 7.21. The first-order chi connectivity index (χ1) is 22.9. The molecule has 3 N–H and O–H groups in total. The van der Waals surface area contributed by atoms with Crippen molar-refractivity contribution < 1.29 is 37.0 Å². The van der Waals surface area contributed by atoms with Crippen LogP contribution in [0.1, 0.15) is 82.5 Å². The lowest BCUT2D eigenvalue weighted by Gasteiger charge is -2.36. The largest absolute Gasteiger partial charge is 0.490 e. The Hall–Kier alpha value is -3.42. The number of carbonyl (C=O) groups excluding carboxylic acids is 2. The molecule has 48 heavy (non-hydrogen) atoms. The molecule has 0 unspecified atom stereocenters. The van der Waals surface area contributed by atoms with Gasteiger partial charge in [-0.3, -0.25) is 9.52 Å². The summed E-state index contributed by atoms with van der Waals surface area (Å²) < 4.78 is 54.7. The van der Waals surface area contributed by atoms with Crippen molar-refractivity contribution in [2.24, 2.45) is 5.92 Å². The Morgan fingerprint density at radius 3 is 2.44 bits per heavy atom. The van der Waals surface area contributed by atoms with E-state index < -0.39 is 33.9 Å². The van der Waals surface area contributed by atoms with Crippen LogP contribution in [0.25, 0.3) is 0 Å². The van der Waals surface area contributed by atoms with Crippen LogP contribution in [0.2, 0.25) is 0 Å². The van der Waals surface area contributed by atoms with Crippen molar-refractivity contribution in [3.05, 3.63) is 53.8 Å². The number of ether oxygens (including phenoxy) is 2. The summed E-state index contributed by atoms with van der Waals surface area (Å²) in [6.07, 6.45) is 7.00. The molecule has 2 aromatic carbocycles. The molecule has 1 heterocycles. The zero-order valence-corrected chi connectivity index (χ0v) is 29.3. The maximum Gasteiger partial charge on any atom is 0.317 e. The number of aliphatic hydroxyl groups is 1. The summed E-state index contributed by atoms with van der Waals surface area (Å²) in [5, 5.41) is 13.4. The van der Waals surface area contributed by atoms with E-state index >= 15 is 0 Å². The second-order valence-electron chi connectivity index (χ2n) is 13.2. The SMILES string of the molecule is C[C@H]1CCCCO[C@@H](CN(C)C(=O)NC2CCCCC2)[C@@H](C)CN([C@@H](C)CO)C(=O)c2cc(NS(=O)(=O)c3ccc(F)cc3)ccc2O1. The van der Waals surface area contributed by atoms with Crippen LogP contribution in [0.3, 0.4) is 0 Å². The number of hydrogen-bond acceptors (Lipinski definition) is 7. The number of nitrogens with one attached hydrogen (secondary N) is 2. The van der Waals surface area contributed by atoms with Crippen molar-refractivity contribution in [2.45, 2.75) is 101 Å². The number of rotatable bonds is 8. The number of hydrogen-bond donors (Lipinski definition) is 3. The molecule has 0 bridgehead atoms. The summed E-state index contributed by atoms with van der Waals surface area (Å²) >= 11 is 0. The van der Waals surface area contributed by atoms with Gasteiger partial charge in [-0.2, -0.15) is 0 Å². The van der Waals surface area contributed by atoms with Crippen LogP contribution in [-0.4, -0.2) is 92.9 Å². The normalized spacial score (nSPS) is 22.5. The highest BCUT2D eigenvalue weighted by Crippen LogP contribution is 2.30. The minimum absolute atomic E-state index is 0.125. The first kappa shape index (κ1) is 37.4. The average molecular weight is 691 g/mol. The van der Waals surface area contributed by atoms with Crippen LogP contribution >= 0.6 is 0 Å². The number of likely N-dealkylation sites (N-methyl/N-ethyl adjacent to an activating group) is 1. The van der Waals surface area contributed by atoms with Gasteiger partial charge in [0.15, 0.2) is 0 Å². The Labute approximate surface area is 284 Å². The molecule has 4 atom stereocenters. The molecule has 2 aromatic rings. The molecule has 0 saturated heterocycles. The number of benzene rings is 2. The fraction of sp³-hybridized carbons (Fsp3) is 0.600. The molecular weight excluding hydrogens is 639 g/mol. The monoisotopic (exact) mass is 690 g/mol. The average Bonchev–Trinajstić information content (AvgIpc) is 3.06. The summed E-state index contributed by atoms with van der Waals surface area (Å²) in [5.74, 6) is -0.956. The lowest BCUT2D eigenvalue weighted by molar-refractivity contribution is -0.0123. The van der Waals surface area contributed by atoms with Crippen molar-refractivity contribution in [2.75, 3.05) is 38.1 Å². The number of fused-ring (bicyclic) bond motifs is 1. The molecule has 2 aliphatic rings. The predicted molar refractivity (Wildman–Crippen MR) is 182 cm³/mol. The van der Waals surface area contributed by atoms with Crippen molar-refractivity contribution in [3.8, 4) is 5.75 Å². The van der Waals surface area contributed by atoms with Gasteiger partial charge in [0.25, 0.3) is 15.9 Å². The number of sulfonamides is 1. The Balaban J connectivity index is 1.61. The smallest absolute Gasteiger partial charge is 0.317 e. The number of halogens is 1. The quantitative estimate of drug-likeness (QED) is 0.338. The lowest BCUT2D eigenvalue weighted by Crippen LogP contribution is -2.50. The van der Waals surface area contributed by atoms with Gasteiger partial charge in [-0.15, -0.1) is 0 Å². The van der Waals surface area contributed by atoms with Crippen LogP contribution in [0, 0.1) is 11.7 Å². The van der Waals surface area contributed by atoms with Crippen molar-refractivity contribution in [1.29, 1.82) is 0 Å². The van der Waals surface area contributed by atoms with E-state index in [2.05, 4.69) is 10.0 Å². The number of aliphatic hydroxyl groups excluding tert-OH is 1. The van der Waals surface area contributed by atoms with Gasteiger partial charge < -0.3 is 29.7 Å². The highest BCUT2D eigenvalue weighted by molar-refractivity contribution is 7.92. The molecule has 0 radical (unpaired) electrons. The highest BCUT2D eigenvalue weighted by atomic mass is 32.2. The lowest BCUT2D eigenvalue weighted by atomic mass is 9.96. The van der Waals surface area contributed by atoms with E-state index in [1.807, 2.05) is 13.8 Å². The van der Waals surface area contributed by atoms with Crippen LogP contribution in [0.5, 0.6) is 5.75 Å². The second kappa shape index (κ2) is 17.3. The third-order valence-electron chi connectivity index (χ3n) is 9.16. The number of urea groups is 1. The van der Waals surface area contributed by atoms with Crippen molar-refractivity contribution >= 4 is 27.6 Å². The number of amides is 3. The molecule has 13 heteroatoms. The van der Waals surface area contributed by atoms with E-state index in [-0.39, 0.29) is 53.4 Å². The summed E-state index contributed by atoms with van der Waals surface area (Å²) in [5.41, 5.74) is 0.257. The molecule has 3 amide bonds. The summed E-state index contributed by atoms with van der Waals surface area (Å²) in [6, 6.07) is 8.38. The Kier molecular flexibility index (Phi) is 13.5. The molecule has 11 nitrogen and oxygen atoms in total. The standard InChI is InChI=1S/C35H51FN4O7S/c1-24-21-40(25(2)23-41)34(42)31-20-29(38-48(44,45)30-16-13-27(36)14-17-30)15-18-32(31)47-26(3)10-8-9-19-46-33(24)22-39(4)35(43)37-28-11-6-5-7-12-28/h13-18,20,24-26,28,33,38,41H,5-12,19,21-23H2,1-4H3,(H,37,43)/t24-,25-,26-,33-/m0/s1. The van der Waals surface area contributed by atoms with Gasteiger partial charge in [0.2, 0.25) is 0 Å². The Morgan fingerprint density at radius 1 is 1.06 bits per heavy atom. The maximum absolute atomic E-state index is 14.3. The van der Waals surface area contributed by atoms with Gasteiger partial charge in [-0.1, -0.05) is 26.2 Å². The first-order valence-corrected chi connectivity index (χ1v) is 18.5. The fourth-order valence-electron chi connectivity index (χ4n) is 6.16. The zero-order chi connectivity index (χ0) is 34.8. The molecule has 1 saturated carbocycles. The second-order valence-corrected chi connectivity index (χ2v) is 14.9. The van der Waals surface area contributed by atoms with Gasteiger partial charge in [0.1, 0.15) is 11.6 Å². The topological polar surface area (TPSA) is 138 Å². The molecular formula is C35H51FN4O7S. The van der Waals surface area contributed by atoms with Gasteiger partial charge >= 0.3 is 6.03 Å². The molecule has 0 aromatic heterocycles. The Bertz CT molecular complexity index is 1470. The third kappa shape index (κ3) is 10.3. The summed E-state index contributed by atoms with van der Waals surface area (Å²) in [6.45, 7) is 6.29. The van der Waals surface area contributed by atoms with E-state index in [0.29, 0.717) is 25.3 Å². The highest BCUT2D eigenvalue weighted by Gasteiger charge is 2.31. The molecule has 266 valence electrons. The van der Waals surface area contributed by atoms with Gasteiger partial charge in [0, 0.05) is 44.4 Å². The van der Waals surface area contributed by atoms with Crippen LogP contribution in [0.4, 0.5) is 14.9 Å². The molecule has 4 rings (SSSR count). The van der Waals surface area contributed by atoms with Crippen LogP contribution < -0.4 is 14.8 Å². The van der Waals surface area contributed by atoms with Crippen LogP contribution in [-0.2, 0) is 14.8 Å². The Morgan fingerprint density at radius 2 is 1.75 bits per heavy atom. The van der Waals surface area contributed by atoms with E-state index in [1.165, 1.54) is 18.6 Å². The maximum atomic E-state index is 14.3. The van der Waals surface area contributed by atoms with Gasteiger partial charge in [0.05, 0.1) is 35.3 Å². The minimum atomic E-state index is -4.09.